The molecule has 3 fully saturated rings. The molecule has 2 aliphatic heterocycles. The number of carbonyl (C=O) groups excluding carboxylic acids is 2. The number of hydrogen-bond acceptors (Lipinski definition) is 5. The van der Waals surface area contributed by atoms with Crippen molar-refractivity contribution in [2.75, 3.05) is 26.2 Å². The Morgan fingerprint density at radius 2 is 1.65 bits per heavy atom. The largest absolute Gasteiger partial charge is 0.474 e. The van der Waals surface area contributed by atoms with Crippen molar-refractivity contribution in [2.24, 2.45) is 5.41 Å². The highest BCUT2D eigenvalue weighted by Crippen LogP contribution is 2.41. The van der Waals surface area contributed by atoms with Crippen molar-refractivity contribution in [3.63, 3.8) is 0 Å². The molecular weight excluding hydrogens is 394 g/mol. The lowest BCUT2D eigenvalue weighted by atomic mass is 9.71. The first-order valence-corrected chi connectivity index (χ1v) is 11.6. The van der Waals surface area contributed by atoms with Gasteiger partial charge in [-0.05, 0) is 77.2 Å². The molecule has 31 heavy (non-hydrogen) atoms. The van der Waals surface area contributed by atoms with Gasteiger partial charge in [-0.1, -0.05) is 0 Å². The zero-order valence-corrected chi connectivity index (χ0v) is 19.1. The number of likely N-dealkylation sites (tertiary alicyclic amines) is 2. The van der Waals surface area contributed by atoms with Crippen LogP contribution in [0, 0.1) is 5.41 Å². The molecule has 2 saturated heterocycles. The van der Waals surface area contributed by atoms with E-state index >= 15 is 0 Å². The van der Waals surface area contributed by atoms with Crippen molar-refractivity contribution < 1.29 is 19.1 Å². The van der Waals surface area contributed by atoms with Crippen LogP contribution in [-0.4, -0.2) is 64.7 Å². The van der Waals surface area contributed by atoms with Crippen LogP contribution in [-0.2, 0) is 4.74 Å². The van der Waals surface area contributed by atoms with Crippen LogP contribution in [0.1, 0.15) is 76.1 Å². The van der Waals surface area contributed by atoms with Crippen LogP contribution < -0.4 is 4.74 Å². The number of ether oxygens (including phenoxy) is 2. The van der Waals surface area contributed by atoms with Crippen LogP contribution in [0.15, 0.2) is 18.3 Å². The highest BCUT2D eigenvalue weighted by Gasteiger charge is 2.40. The fraction of sp³-hybridized carbons (Fsp3) is 0.708. The smallest absolute Gasteiger partial charge is 0.410 e. The molecule has 7 heteroatoms. The first-order chi connectivity index (χ1) is 14.7. The molecule has 1 saturated carbocycles. The summed E-state index contributed by atoms with van der Waals surface area (Å²) in [6.07, 6.45) is 8.96. The first kappa shape index (κ1) is 21.9. The summed E-state index contributed by atoms with van der Waals surface area (Å²) in [6.45, 7) is 8.67. The van der Waals surface area contributed by atoms with Crippen molar-refractivity contribution in [2.45, 2.75) is 77.4 Å². The van der Waals surface area contributed by atoms with Crippen molar-refractivity contribution in [3.05, 3.63) is 23.9 Å². The van der Waals surface area contributed by atoms with E-state index in [1.54, 1.807) is 18.3 Å². The Kier molecular flexibility index (Phi) is 6.13. The van der Waals surface area contributed by atoms with Crippen molar-refractivity contribution in [1.82, 2.24) is 14.8 Å². The van der Waals surface area contributed by atoms with E-state index in [9.17, 15) is 9.59 Å². The van der Waals surface area contributed by atoms with Crippen LogP contribution in [0.3, 0.4) is 0 Å². The van der Waals surface area contributed by atoms with E-state index < -0.39 is 5.60 Å². The summed E-state index contributed by atoms with van der Waals surface area (Å²) in [5.41, 5.74) is 0.416. The first-order valence-electron chi connectivity index (χ1n) is 11.6. The number of hydrogen-bond donors (Lipinski definition) is 0. The van der Waals surface area contributed by atoms with Crippen molar-refractivity contribution in [1.29, 1.82) is 0 Å². The summed E-state index contributed by atoms with van der Waals surface area (Å²) in [5, 5.41) is 0. The molecule has 4 rings (SSSR count). The molecule has 0 radical (unpaired) electrons. The maximum absolute atomic E-state index is 13.0. The Balaban J connectivity index is 1.28. The molecule has 2 amide bonds. The summed E-state index contributed by atoms with van der Waals surface area (Å²) < 4.78 is 11.4. The second-order valence-electron chi connectivity index (χ2n) is 10.3. The predicted octanol–water partition coefficient (Wildman–Crippen LogP) is 4.27. The molecule has 170 valence electrons. The highest BCUT2D eigenvalue weighted by molar-refractivity contribution is 5.94. The average Bonchev–Trinajstić information content (AvgIpc) is 2.70. The molecule has 0 N–H and O–H groups in total. The van der Waals surface area contributed by atoms with Crippen LogP contribution in [0.4, 0.5) is 4.79 Å². The summed E-state index contributed by atoms with van der Waals surface area (Å²) in [5.74, 6) is 0.612. The van der Waals surface area contributed by atoms with E-state index in [2.05, 4.69) is 4.98 Å². The Bertz CT molecular complexity index is 797. The topological polar surface area (TPSA) is 72.0 Å². The van der Waals surface area contributed by atoms with Gasteiger partial charge >= 0.3 is 6.09 Å². The van der Waals surface area contributed by atoms with Gasteiger partial charge in [0.2, 0.25) is 5.88 Å². The van der Waals surface area contributed by atoms with Crippen molar-refractivity contribution in [3.8, 4) is 5.88 Å². The molecule has 1 aromatic heterocycles. The Morgan fingerprint density at radius 3 is 2.19 bits per heavy atom. The maximum atomic E-state index is 13.0. The van der Waals surface area contributed by atoms with Gasteiger partial charge in [0.15, 0.2) is 0 Å². The minimum absolute atomic E-state index is 0.0573. The highest BCUT2D eigenvalue weighted by atomic mass is 16.6. The number of amides is 2. The molecule has 0 atom stereocenters. The minimum atomic E-state index is -0.465. The van der Waals surface area contributed by atoms with Gasteiger partial charge in [-0.25, -0.2) is 9.78 Å². The zero-order chi connectivity index (χ0) is 22.1. The van der Waals surface area contributed by atoms with Gasteiger partial charge in [-0.3, -0.25) is 4.79 Å². The molecule has 1 aliphatic carbocycles. The number of pyridine rings is 1. The predicted molar refractivity (Wildman–Crippen MR) is 117 cm³/mol. The van der Waals surface area contributed by atoms with E-state index in [4.69, 9.17) is 9.47 Å². The normalized spacial score (nSPS) is 21.5. The number of nitrogens with zero attached hydrogens (tertiary/aromatic N) is 3. The number of carbonyl (C=O) groups is 2. The third kappa shape index (κ3) is 5.31. The van der Waals surface area contributed by atoms with E-state index in [1.165, 1.54) is 6.42 Å². The lowest BCUT2D eigenvalue weighted by Crippen LogP contribution is -2.50. The number of rotatable bonds is 3. The van der Waals surface area contributed by atoms with E-state index in [1.807, 2.05) is 30.6 Å². The Hall–Kier alpha value is -2.31. The second kappa shape index (κ2) is 8.67. The maximum Gasteiger partial charge on any atom is 0.410 e. The zero-order valence-electron chi connectivity index (χ0n) is 19.1. The van der Waals surface area contributed by atoms with Crippen molar-refractivity contribution >= 4 is 12.0 Å². The third-order valence-corrected chi connectivity index (χ3v) is 6.91. The molecule has 0 unspecified atom stereocenters. The molecule has 0 aromatic carbocycles. The summed E-state index contributed by atoms with van der Waals surface area (Å²) in [6, 6.07) is 3.56. The van der Waals surface area contributed by atoms with Gasteiger partial charge in [-0.2, -0.15) is 0 Å². The standard InChI is InChI=1S/C24H35N3O4/c1-23(2,3)31-22(29)27-15-10-24(11-16-27)8-13-26(14-9-24)21(28)18-7-12-25-20(17-18)30-19-5-4-6-19/h7,12,17,19H,4-6,8-11,13-16H2,1-3H3. The lowest BCUT2D eigenvalue weighted by Gasteiger charge is -2.46. The molecular formula is C24H35N3O4. The average molecular weight is 430 g/mol. The van der Waals surface area contributed by atoms with Crippen LogP contribution in [0.5, 0.6) is 5.88 Å². The Morgan fingerprint density at radius 1 is 1.03 bits per heavy atom. The number of piperidine rings is 2. The molecule has 3 heterocycles. The van der Waals surface area contributed by atoms with Gasteiger partial charge in [0, 0.05) is 44.0 Å². The second-order valence-corrected chi connectivity index (χ2v) is 10.3. The van der Waals surface area contributed by atoms with E-state index in [-0.39, 0.29) is 23.5 Å². The summed E-state index contributed by atoms with van der Waals surface area (Å²) >= 11 is 0. The molecule has 3 aliphatic rings. The summed E-state index contributed by atoms with van der Waals surface area (Å²) in [4.78, 5) is 33.4. The van der Waals surface area contributed by atoms with Crippen LogP contribution in [0.25, 0.3) is 0 Å². The van der Waals surface area contributed by atoms with Gasteiger partial charge in [0.25, 0.3) is 5.91 Å². The quantitative estimate of drug-likeness (QED) is 0.718. The van der Waals surface area contributed by atoms with E-state index in [0.717, 1.165) is 64.7 Å². The van der Waals surface area contributed by atoms with Gasteiger partial charge in [0.1, 0.15) is 11.7 Å². The van der Waals surface area contributed by atoms with Gasteiger partial charge in [0.05, 0.1) is 0 Å². The lowest BCUT2D eigenvalue weighted by molar-refractivity contribution is -0.00115. The van der Waals surface area contributed by atoms with E-state index in [0.29, 0.717) is 11.4 Å². The SMILES string of the molecule is CC(C)(C)OC(=O)N1CCC2(CC1)CCN(C(=O)c1ccnc(OC3CCC3)c1)CC2. The number of aromatic nitrogens is 1. The minimum Gasteiger partial charge on any atom is -0.474 e. The molecule has 7 nitrogen and oxygen atoms in total. The third-order valence-electron chi connectivity index (χ3n) is 6.91. The summed E-state index contributed by atoms with van der Waals surface area (Å²) in [7, 11) is 0. The molecule has 1 aromatic rings. The van der Waals surface area contributed by atoms with Gasteiger partial charge in [-0.15, -0.1) is 0 Å². The fourth-order valence-corrected chi connectivity index (χ4v) is 4.62. The van der Waals surface area contributed by atoms with Gasteiger partial charge < -0.3 is 19.3 Å². The molecule has 1 spiro atoms. The monoisotopic (exact) mass is 429 g/mol. The fourth-order valence-electron chi connectivity index (χ4n) is 4.62. The van der Waals surface area contributed by atoms with Crippen LogP contribution in [0.2, 0.25) is 0 Å². The van der Waals surface area contributed by atoms with Crippen LogP contribution >= 0.6 is 0 Å². The Labute approximate surface area is 185 Å². The molecule has 0 bridgehead atoms.